The maximum absolute atomic E-state index is 12.5. The lowest BCUT2D eigenvalue weighted by Gasteiger charge is -2.38. The van der Waals surface area contributed by atoms with E-state index in [4.69, 9.17) is 17.3 Å². The molecule has 0 bridgehead atoms. The lowest BCUT2D eigenvalue weighted by atomic mass is 10.0. The molecule has 4 amide bonds. The quantitative estimate of drug-likeness (QED) is 0.861. The Kier molecular flexibility index (Phi) is 5.37. The van der Waals surface area contributed by atoms with Gasteiger partial charge in [0.05, 0.1) is 6.04 Å². The van der Waals surface area contributed by atoms with E-state index >= 15 is 0 Å². The molecule has 1 saturated carbocycles. The fourth-order valence-corrected chi connectivity index (χ4v) is 3.60. The van der Waals surface area contributed by atoms with E-state index in [0.29, 0.717) is 19.6 Å². The van der Waals surface area contributed by atoms with Gasteiger partial charge in [0, 0.05) is 30.7 Å². The van der Waals surface area contributed by atoms with Crippen molar-refractivity contribution in [2.75, 3.05) is 13.1 Å². The zero-order chi connectivity index (χ0) is 18.0. The molecule has 0 spiro atoms. The molecule has 25 heavy (non-hydrogen) atoms. The standard InChI is InChI=1S/C18H25ClN4O2/c1-12-9-13(4-7-16(12)19)10-21-18(25)22-8-2-3-15(11-22)23(17(20)24)14-5-6-14/h4,7,9,14-15H,2-3,5-6,8,10-11H2,1H3,(H2,20,24)(H,21,25)/t15-/m1/s1. The van der Waals surface area contributed by atoms with E-state index in [1.165, 1.54) is 0 Å². The number of carbonyl (C=O) groups is 2. The summed E-state index contributed by atoms with van der Waals surface area (Å²) in [6.45, 7) is 3.66. The number of nitrogens with one attached hydrogen (secondary N) is 1. The summed E-state index contributed by atoms with van der Waals surface area (Å²) in [5, 5.41) is 3.68. The minimum Gasteiger partial charge on any atom is -0.351 e. The number of benzene rings is 1. The van der Waals surface area contributed by atoms with Gasteiger partial charge in [-0.25, -0.2) is 9.59 Å². The number of rotatable bonds is 4. The summed E-state index contributed by atoms with van der Waals surface area (Å²) in [6.07, 6.45) is 3.82. The Balaban J connectivity index is 1.56. The Labute approximate surface area is 153 Å². The number of likely N-dealkylation sites (tertiary alicyclic amines) is 1. The van der Waals surface area contributed by atoms with Crippen molar-refractivity contribution in [1.29, 1.82) is 0 Å². The molecule has 0 unspecified atom stereocenters. The van der Waals surface area contributed by atoms with Gasteiger partial charge < -0.3 is 20.9 Å². The second-order valence-corrected chi connectivity index (χ2v) is 7.37. The summed E-state index contributed by atoms with van der Waals surface area (Å²) in [5.74, 6) is 0. The van der Waals surface area contributed by atoms with Crippen molar-refractivity contribution in [3.05, 3.63) is 34.3 Å². The topological polar surface area (TPSA) is 78.7 Å². The minimum atomic E-state index is -0.369. The number of primary amides is 1. The molecule has 1 aromatic rings. The number of hydrogen-bond acceptors (Lipinski definition) is 2. The monoisotopic (exact) mass is 364 g/mol. The van der Waals surface area contributed by atoms with Gasteiger partial charge in [0.25, 0.3) is 0 Å². The molecule has 2 aliphatic rings. The van der Waals surface area contributed by atoms with Gasteiger partial charge >= 0.3 is 12.1 Å². The summed E-state index contributed by atoms with van der Waals surface area (Å²) in [4.78, 5) is 27.8. The van der Waals surface area contributed by atoms with Crippen molar-refractivity contribution in [3.63, 3.8) is 0 Å². The van der Waals surface area contributed by atoms with Crippen molar-refractivity contribution in [2.45, 2.75) is 51.2 Å². The lowest BCUT2D eigenvalue weighted by molar-refractivity contribution is 0.119. The highest BCUT2D eigenvalue weighted by molar-refractivity contribution is 6.31. The van der Waals surface area contributed by atoms with Crippen LogP contribution in [0, 0.1) is 6.92 Å². The molecule has 3 N–H and O–H groups in total. The van der Waals surface area contributed by atoms with E-state index in [1.54, 1.807) is 9.80 Å². The van der Waals surface area contributed by atoms with Crippen LogP contribution in [-0.2, 0) is 6.54 Å². The molecular weight excluding hydrogens is 340 g/mol. The number of amides is 4. The van der Waals surface area contributed by atoms with E-state index in [-0.39, 0.29) is 24.1 Å². The number of halogens is 1. The number of nitrogens with zero attached hydrogens (tertiary/aromatic N) is 2. The van der Waals surface area contributed by atoms with Crippen LogP contribution < -0.4 is 11.1 Å². The van der Waals surface area contributed by atoms with Crippen LogP contribution in [-0.4, -0.2) is 47.0 Å². The summed E-state index contributed by atoms with van der Waals surface area (Å²) in [5.41, 5.74) is 7.56. The second-order valence-electron chi connectivity index (χ2n) is 6.96. The van der Waals surface area contributed by atoms with Gasteiger partial charge in [0.1, 0.15) is 0 Å². The van der Waals surface area contributed by atoms with Gasteiger partial charge in [-0.2, -0.15) is 0 Å². The Hall–Kier alpha value is -1.95. The fourth-order valence-electron chi connectivity index (χ4n) is 3.48. The number of hydrogen-bond donors (Lipinski definition) is 2. The summed E-state index contributed by atoms with van der Waals surface area (Å²) in [6, 6.07) is 5.56. The Morgan fingerprint density at radius 1 is 1.32 bits per heavy atom. The molecule has 1 atom stereocenters. The predicted molar refractivity (Wildman–Crippen MR) is 97.5 cm³/mol. The van der Waals surface area contributed by atoms with Crippen LogP contribution in [0.5, 0.6) is 0 Å². The molecule has 0 radical (unpaired) electrons. The van der Waals surface area contributed by atoms with E-state index in [2.05, 4.69) is 5.32 Å². The predicted octanol–water partition coefficient (Wildman–Crippen LogP) is 2.87. The zero-order valence-corrected chi connectivity index (χ0v) is 15.3. The summed E-state index contributed by atoms with van der Waals surface area (Å²) >= 11 is 6.03. The number of aryl methyl sites for hydroxylation is 1. The van der Waals surface area contributed by atoms with Gasteiger partial charge in [-0.05, 0) is 49.8 Å². The first-order chi connectivity index (χ1) is 12.0. The molecule has 1 heterocycles. The third-order valence-corrected chi connectivity index (χ3v) is 5.36. The van der Waals surface area contributed by atoms with Crippen LogP contribution in [0.4, 0.5) is 9.59 Å². The molecule has 0 aromatic heterocycles. The van der Waals surface area contributed by atoms with Crippen LogP contribution in [0.3, 0.4) is 0 Å². The zero-order valence-electron chi connectivity index (χ0n) is 14.5. The smallest absolute Gasteiger partial charge is 0.317 e. The van der Waals surface area contributed by atoms with Crippen molar-refractivity contribution >= 4 is 23.7 Å². The summed E-state index contributed by atoms with van der Waals surface area (Å²) < 4.78 is 0. The molecule has 3 rings (SSSR count). The van der Waals surface area contributed by atoms with Gasteiger partial charge in [-0.15, -0.1) is 0 Å². The van der Waals surface area contributed by atoms with Crippen molar-refractivity contribution in [2.24, 2.45) is 5.73 Å². The Morgan fingerprint density at radius 2 is 2.08 bits per heavy atom. The van der Waals surface area contributed by atoms with E-state index in [1.807, 2.05) is 25.1 Å². The molecule has 6 nitrogen and oxygen atoms in total. The Bertz CT molecular complexity index is 662. The normalized spacial score (nSPS) is 20.2. The van der Waals surface area contributed by atoms with Crippen LogP contribution in [0.25, 0.3) is 0 Å². The third kappa shape index (κ3) is 4.37. The maximum atomic E-state index is 12.5. The molecule has 7 heteroatoms. The first kappa shape index (κ1) is 17.9. The van der Waals surface area contributed by atoms with Gasteiger partial charge in [0.2, 0.25) is 0 Å². The number of urea groups is 2. The average molecular weight is 365 g/mol. The SMILES string of the molecule is Cc1cc(CNC(=O)N2CCC[C@@H](N(C(N)=O)C3CC3)C2)ccc1Cl. The minimum absolute atomic E-state index is 0.0299. The molecule has 2 fully saturated rings. The van der Waals surface area contributed by atoms with Crippen LogP contribution in [0.1, 0.15) is 36.8 Å². The maximum Gasteiger partial charge on any atom is 0.317 e. The number of carbonyl (C=O) groups excluding carboxylic acids is 2. The van der Waals surface area contributed by atoms with Crippen LogP contribution >= 0.6 is 11.6 Å². The lowest BCUT2D eigenvalue weighted by Crippen LogP contribution is -2.55. The average Bonchev–Trinajstić information content (AvgIpc) is 3.40. The first-order valence-corrected chi connectivity index (χ1v) is 9.19. The van der Waals surface area contributed by atoms with Crippen LogP contribution in [0.2, 0.25) is 5.02 Å². The van der Waals surface area contributed by atoms with E-state index in [9.17, 15) is 9.59 Å². The highest BCUT2D eigenvalue weighted by Crippen LogP contribution is 2.31. The molecule has 1 aliphatic carbocycles. The number of nitrogens with two attached hydrogens (primary N) is 1. The fraction of sp³-hybridized carbons (Fsp3) is 0.556. The first-order valence-electron chi connectivity index (χ1n) is 8.81. The molecule has 1 saturated heterocycles. The number of piperidine rings is 1. The summed E-state index contributed by atoms with van der Waals surface area (Å²) in [7, 11) is 0. The molecule has 1 aliphatic heterocycles. The van der Waals surface area contributed by atoms with Gasteiger partial charge in [0.15, 0.2) is 0 Å². The second kappa shape index (κ2) is 7.52. The third-order valence-electron chi connectivity index (χ3n) is 4.94. The highest BCUT2D eigenvalue weighted by atomic mass is 35.5. The molecule has 136 valence electrons. The highest BCUT2D eigenvalue weighted by Gasteiger charge is 2.38. The Morgan fingerprint density at radius 3 is 2.72 bits per heavy atom. The molecular formula is C18H25ClN4O2. The van der Waals surface area contributed by atoms with Gasteiger partial charge in [-0.1, -0.05) is 23.7 Å². The van der Waals surface area contributed by atoms with E-state index < -0.39 is 0 Å². The van der Waals surface area contributed by atoms with Crippen LogP contribution in [0.15, 0.2) is 18.2 Å². The van der Waals surface area contributed by atoms with Crippen molar-refractivity contribution in [3.8, 4) is 0 Å². The van der Waals surface area contributed by atoms with E-state index in [0.717, 1.165) is 41.8 Å². The van der Waals surface area contributed by atoms with Crippen molar-refractivity contribution < 1.29 is 9.59 Å². The molecule has 1 aromatic carbocycles. The largest absolute Gasteiger partial charge is 0.351 e. The van der Waals surface area contributed by atoms with Gasteiger partial charge in [-0.3, -0.25) is 0 Å². The van der Waals surface area contributed by atoms with Crippen molar-refractivity contribution in [1.82, 2.24) is 15.1 Å².